The van der Waals surface area contributed by atoms with Crippen LogP contribution in [0, 0.1) is 0 Å². The fraction of sp³-hybridized carbons (Fsp3) is 1.00. The zero-order valence-electron chi connectivity index (χ0n) is 9.54. The number of rotatable bonds is 2. The number of likely N-dealkylation sites (tertiary alicyclic amines) is 1. The molecule has 0 bridgehead atoms. The van der Waals surface area contributed by atoms with Gasteiger partial charge in [0.15, 0.2) is 5.79 Å². The van der Waals surface area contributed by atoms with E-state index in [1.807, 2.05) is 0 Å². The number of hydrogen-bond acceptors (Lipinski definition) is 3. The molecule has 2 rings (SSSR count). The van der Waals surface area contributed by atoms with Crippen molar-refractivity contribution in [3.63, 3.8) is 0 Å². The molecule has 0 aromatic carbocycles. The van der Waals surface area contributed by atoms with Crippen molar-refractivity contribution in [2.45, 2.75) is 44.6 Å². The minimum absolute atomic E-state index is 0.0947. The van der Waals surface area contributed by atoms with Gasteiger partial charge in [-0.25, -0.2) is 0 Å². The first kappa shape index (κ1) is 11.6. The summed E-state index contributed by atoms with van der Waals surface area (Å²) in [6, 6.07) is 0.618. The van der Waals surface area contributed by atoms with Gasteiger partial charge in [-0.3, -0.25) is 0 Å². The summed E-state index contributed by atoms with van der Waals surface area (Å²) in [5, 5.41) is 0. The number of ether oxygens (including phenoxy) is 2. The van der Waals surface area contributed by atoms with Crippen LogP contribution in [0.25, 0.3) is 0 Å². The van der Waals surface area contributed by atoms with Gasteiger partial charge in [-0.05, 0) is 13.8 Å². The minimum atomic E-state index is -0.315. The Morgan fingerprint density at radius 1 is 1.40 bits per heavy atom. The van der Waals surface area contributed by atoms with Crippen LogP contribution in [-0.2, 0) is 9.47 Å². The first-order valence-corrected chi connectivity index (χ1v) is 6.30. The van der Waals surface area contributed by atoms with Gasteiger partial charge in [0.1, 0.15) is 0 Å². The maximum atomic E-state index is 5.89. The Morgan fingerprint density at radius 3 is 2.53 bits per heavy atom. The fourth-order valence-corrected chi connectivity index (χ4v) is 2.49. The van der Waals surface area contributed by atoms with Crippen molar-refractivity contribution >= 4 is 11.6 Å². The highest BCUT2D eigenvalue weighted by Crippen LogP contribution is 2.34. The molecular formula is C11H20ClNO2. The van der Waals surface area contributed by atoms with Crippen molar-refractivity contribution in [2.24, 2.45) is 0 Å². The summed E-state index contributed by atoms with van der Waals surface area (Å²) >= 11 is 5.77. The molecule has 1 atom stereocenters. The quantitative estimate of drug-likeness (QED) is 0.680. The highest BCUT2D eigenvalue weighted by Gasteiger charge is 2.43. The van der Waals surface area contributed by atoms with Gasteiger partial charge in [-0.1, -0.05) is 0 Å². The van der Waals surface area contributed by atoms with E-state index >= 15 is 0 Å². The molecule has 0 saturated carbocycles. The van der Waals surface area contributed by atoms with Gasteiger partial charge in [0.25, 0.3) is 0 Å². The topological polar surface area (TPSA) is 21.7 Å². The Balaban J connectivity index is 1.87. The molecule has 0 radical (unpaired) electrons. The third-order valence-electron chi connectivity index (χ3n) is 3.38. The number of piperidine rings is 1. The molecule has 15 heavy (non-hydrogen) atoms. The fourth-order valence-electron chi connectivity index (χ4n) is 2.34. The summed E-state index contributed by atoms with van der Waals surface area (Å²) < 4.78 is 11.7. The molecule has 2 saturated heterocycles. The summed E-state index contributed by atoms with van der Waals surface area (Å²) in [6.45, 7) is 7.25. The summed E-state index contributed by atoms with van der Waals surface area (Å²) in [4.78, 5) is 2.46. The second-order valence-electron chi connectivity index (χ2n) is 4.75. The van der Waals surface area contributed by atoms with Gasteiger partial charge in [-0.15, -0.1) is 11.6 Å². The number of halogens is 1. The lowest BCUT2D eigenvalue weighted by molar-refractivity contribution is -0.194. The summed E-state index contributed by atoms with van der Waals surface area (Å²) in [7, 11) is 0. The standard InChI is InChI=1S/C11H20ClNO2/c1-9(2)13-5-3-11(4-6-13)14-8-10(7-12)15-11/h9-10H,3-8H2,1-2H3. The largest absolute Gasteiger partial charge is 0.347 e. The molecule has 0 N–H and O–H groups in total. The third-order valence-corrected chi connectivity index (χ3v) is 3.72. The SMILES string of the molecule is CC(C)N1CCC2(CC1)OCC(CCl)O2. The lowest BCUT2D eigenvalue weighted by Gasteiger charge is -2.39. The van der Waals surface area contributed by atoms with Gasteiger partial charge in [0.2, 0.25) is 0 Å². The predicted molar refractivity (Wildman–Crippen MR) is 60.2 cm³/mol. The molecule has 2 heterocycles. The van der Waals surface area contributed by atoms with Crippen LogP contribution < -0.4 is 0 Å². The van der Waals surface area contributed by atoms with Gasteiger partial charge in [0.05, 0.1) is 18.6 Å². The maximum Gasteiger partial charge on any atom is 0.171 e. The maximum absolute atomic E-state index is 5.89. The molecule has 3 nitrogen and oxygen atoms in total. The Labute approximate surface area is 96.7 Å². The minimum Gasteiger partial charge on any atom is -0.347 e. The average Bonchev–Trinajstić information content (AvgIpc) is 2.62. The van der Waals surface area contributed by atoms with E-state index in [1.165, 1.54) is 0 Å². The van der Waals surface area contributed by atoms with Gasteiger partial charge in [0, 0.05) is 32.0 Å². The Kier molecular flexibility index (Phi) is 3.56. The Hall–Kier alpha value is 0.170. The lowest BCUT2D eigenvalue weighted by Crippen LogP contribution is -2.47. The highest BCUT2D eigenvalue weighted by atomic mass is 35.5. The van der Waals surface area contributed by atoms with Crippen LogP contribution in [0.15, 0.2) is 0 Å². The molecule has 2 aliphatic rings. The first-order chi connectivity index (χ1) is 7.15. The number of alkyl halides is 1. The molecule has 0 aromatic heterocycles. The van der Waals surface area contributed by atoms with Crippen LogP contribution in [0.1, 0.15) is 26.7 Å². The second kappa shape index (κ2) is 4.58. The summed E-state index contributed by atoms with van der Waals surface area (Å²) in [6.07, 6.45) is 2.04. The predicted octanol–water partition coefficient (Wildman–Crippen LogP) is 1.84. The van der Waals surface area contributed by atoms with E-state index < -0.39 is 0 Å². The van der Waals surface area contributed by atoms with Crippen LogP contribution in [0.2, 0.25) is 0 Å². The molecule has 2 fully saturated rings. The van der Waals surface area contributed by atoms with Crippen molar-refractivity contribution in [3.05, 3.63) is 0 Å². The summed E-state index contributed by atoms with van der Waals surface area (Å²) in [5.74, 6) is 0.223. The normalized spacial score (nSPS) is 31.6. The highest BCUT2D eigenvalue weighted by molar-refractivity contribution is 6.18. The van der Waals surface area contributed by atoms with Crippen molar-refractivity contribution in [2.75, 3.05) is 25.6 Å². The molecule has 88 valence electrons. The van der Waals surface area contributed by atoms with Gasteiger partial charge in [-0.2, -0.15) is 0 Å². The van der Waals surface area contributed by atoms with Crippen molar-refractivity contribution < 1.29 is 9.47 Å². The second-order valence-corrected chi connectivity index (χ2v) is 5.05. The molecule has 0 aliphatic carbocycles. The van der Waals surface area contributed by atoms with Crippen LogP contribution in [-0.4, -0.2) is 48.4 Å². The molecular weight excluding hydrogens is 214 g/mol. The Bertz CT molecular complexity index is 215. The van der Waals surface area contributed by atoms with Crippen LogP contribution in [0.5, 0.6) is 0 Å². The van der Waals surface area contributed by atoms with Crippen LogP contribution in [0.3, 0.4) is 0 Å². The van der Waals surface area contributed by atoms with E-state index in [0.717, 1.165) is 25.9 Å². The molecule has 0 amide bonds. The van der Waals surface area contributed by atoms with Crippen molar-refractivity contribution in [1.82, 2.24) is 4.90 Å². The van der Waals surface area contributed by atoms with Crippen LogP contribution in [0.4, 0.5) is 0 Å². The van der Waals surface area contributed by atoms with E-state index in [4.69, 9.17) is 21.1 Å². The lowest BCUT2D eigenvalue weighted by atomic mass is 10.0. The van der Waals surface area contributed by atoms with Crippen molar-refractivity contribution in [1.29, 1.82) is 0 Å². The molecule has 1 unspecified atom stereocenters. The molecule has 4 heteroatoms. The summed E-state index contributed by atoms with van der Waals surface area (Å²) in [5.41, 5.74) is 0. The number of hydrogen-bond donors (Lipinski definition) is 0. The van der Waals surface area contributed by atoms with Crippen LogP contribution >= 0.6 is 11.6 Å². The van der Waals surface area contributed by atoms with Gasteiger partial charge >= 0.3 is 0 Å². The first-order valence-electron chi connectivity index (χ1n) is 5.77. The number of nitrogens with zero attached hydrogens (tertiary/aromatic N) is 1. The molecule has 0 aromatic rings. The zero-order valence-corrected chi connectivity index (χ0v) is 10.3. The van der Waals surface area contributed by atoms with E-state index in [2.05, 4.69) is 18.7 Å². The van der Waals surface area contributed by atoms with Crippen molar-refractivity contribution in [3.8, 4) is 0 Å². The smallest absolute Gasteiger partial charge is 0.171 e. The average molecular weight is 234 g/mol. The zero-order chi connectivity index (χ0) is 10.9. The van der Waals surface area contributed by atoms with E-state index in [-0.39, 0.29) is 11.9 Å². The molecule has 1 spiro atoms. The molecule has 2 aliphatic heterocycles. The Morgan fingerprint density at radius 2 is 2.07 bits per heavy atom. The monoisotopic (exact) mass is 233 g/mol. The van der Waals surface area contributed by atoms with E-state index in [9.17, 15) is 0 Å². The third kappa shape index (κ3) is 2.47. The van der Waals surface area contributed by atoms with Gasteiger partial charge < -0.3 is 14.4 Å². The van der Waals surface area contributed by atoms with E-state index in [1.54, 1.807) is 0 Å². The van der Waals surface area contributed by atoms with E-state index in [0.29, 0.717) is 18.5 Å².